The lowest BCUT2D eigenvalue weighted by Crippen LogP contribution is -2.44. The van der Waals surface area contributed by atoms with Gasteiger partial charge in [-0.3, -0.25) is 0 Å². The average Bonchev–Trinajstić information content (AvgIpc) is 2.77. The van der Waals surface area contributed by atoms with Crippen LogP contribution in [0.1, 0.15) is 44.2 Å². The van der Waals surface area contributed by atoms with Crippen molar-refractivity contribution in [3.8, 4) is 0 Å². The number of hydrogen-bond donors (Lipinski definition) is 1. The molecule has 1 saturated heterocycles. The van der Waals surface area contributed by atoms with Gasteiger partial charge in [0.2, 0.25) is 0 Å². The Morgan fingerprint density at radius 1 is 1.42 bits per heavy atom. The topological polar surface area (TPSA) is 28.2 Å². The Morgan fingerprint density at radius 2 is 2.16 bits per heavy atom. The summed E-state index contributed by atoms with van der Waals surface area (Å²) in [5, 5.41) is 5.17. The van der Waals surface area contributed by atoms with Crippen molar-refractivity contribution in [2.45, 2.75) is 51.4 Å². The second-order valence-corrected chi connectivity index (χ2v) is 8.05. The number of thiazole rings is 1. The highest BCUT2D eigenvalue weighted by atomic mass is 32.2. The zero-order valence-electron chi connectivity index (χ0n) is 12.6. The molecule has 3 nitrogen and oxygen atoms in total. The molecular weight excluding hydrogens is 274 g/mol. The Morgan fingerprint density at radius 3 is 2.79 bits per heavy atom. The molecule has 1 fully saturated rings. The minimum absolute atomic E-state index is 0.500. The highest BCUT2D eigenvalue weighted by Crippen LogP contribution is 2.35. The van der Waals surface area contributed by atoms with E-state index in [2.05, 4.69) is 49.7 Å². The first kappa shape index (κ1) is 15.1. The number of nitrogens with zero attached hydrogens (tertiary/aromatic N) is 2. The van der Waals surface area contributed by atoms with E-state index in [0.717, 1.165) is 13.1 Å². The second-order valence-electron chi connectivity index (χ2n) is 5.50. The lowest BCUT2D eigenvalue weighted by atomic mass is 10.1. The summed E-state index contributed by atoms with van der Waals surface area (Å²) in [5.74, 6) is 1.71. The lowest BCUT2D eigenvalue weighted by molar-refractivity contribution is 0.624. The molecule has 1 N–H and O–H groups in total. The van der Waals surface area contributed by atoms with Crippen molar-refractivity contribution in [1.82, 2.24) is 10.3 Å². The molecule has 2 unspecified atom stereocenters. The van der Waals surface area contributed by atoms with Crippen molar-refractivity contribution in [3.63, 3.8) is 0 Å². The second kappa shape index (κ2) is 6.46. The van der Waals surface area contributed by atoms with Gasteiger partial charge in [0.1, 0.15) is 0 Å². The maximum absolute atomic E-state index is 4.93. The van der Waals surface area contributed by atoms with Gasteiger partial charge in [-0.1, -0.05) is 20.8 Å². The smallest absolute Gasteiger partial charge is 0.186 e. The summed E-state index contributed by atoms with van der Waals surface area (Å²) < 4.78 is 0. The van der Waals surface area contributed by atoms with E-state index >= 15 is 0 Å². The average molecular weight is 300 g/mol. The molecule has 5 heteroatoms. The summed E-state index contributed by atoms with van der Waals surface area (Å²) in [4.78, 5) is 8.82. The highest BCUT2D eigenvalue weighted by molar-refractivity contribution is 8.00. The van der Waals surface area contributed by atoms with Crippen LogP contribution in [0.5, 0.6) is 0 Å². The van der Waals surface area contributed by atoms with Crippen LogP contribution in [0.25, 0.3) is 0 Å². The number of thioether (sulfide) groups is 1. The Kier molecular flexibility index (Phi) is 5.15. The summed E-state index contributed by atoms with van der Waals surface area (Å²) in [7, 11) is 2.01. The number of rotatable bonds is 4. The quantitative estimate of drug-likeness (QED) is 0.923. The molecule has 0 amide bonds. The first-order valence-electron chi connectivity index (χ1n) is 7.07. The zero-order valence-corrected chi connectivity index (χ0v) is 14.2. The van der Waals surface area contributed by atoms with Crippen LogP contribution in [-0.4, -0.2) is 35.6 Å². The highest BCUT2D eigenvalue weighted by Gasteiger charge is 2.28. The zero-order chi connectivity index (χ0) is 14.0. The molecule has 0 bridgehead atoms. The molecule has 0 saturated carbocycles. The summed E-state index contributed by atoms with van der Waals surface area (Å²) >= 11 is 3.94. The normalized spacial score (nSPS) is 24.2. The van der Waals surface area contributed by atoms with Gasteiger partial charge in [0.25, 0.3) is 0 Å². The predicted octanol–water partition coefficient (Wildman–Crippen LogP) is 3.32. The predicted molar refractivity (Wildman–Crippen MR) is 87.7 cm³/mol. The van der Waals surface area contributed by atoms with Gasteiger partial charge >= 0.3 is 0 Å². The fourth-order valence-electron chi connectivity index (χ4n) is 2.41. The van der Waals surface area contributed by atoms with Gasteiger partial charge in [-0.25, -0.2) is 4.98 Å². The van der Waals surface area contributed by atoms with E-state index in [9.17, 15) is 0 Å². The van der Waals surface area contributed by atoms with E-state index in [1.165, 1.54) is 21.5 Å². The van der Waals surface area contributed by atoms with Gasteiger partial charge in [0.15, 0.2) is 5.13 Å². The van der Waals surface area contributed by atoms with Crippen molar-refractivity contribution in [2.75, 3.05) is 24.2 Å². The lowest BCUT2D eigenvalue weighted by Gasteiger charge is -2.37. The van der Waals surface area contributed by atoms with Crippen molar-refractivity contribution >= 4 is 28.2 Å². The molecule has 1 aromatic heterocycles. The van der Waals surface area contributed by atoms with Crippen LogP contribution in [0.15, 0.2) is 0 Å². The van der Waals surface area contributed by atoms with Crippen LogP contribution in [0.4, 0.5) is 5.13 Å². The molecule has 0 spiro atoms. The van der Waals surface area contributed by atoms with E-state index in [1.807, 2.05) is 18.4 Å². The largest absolute Gasteiger partial charge is 0.343 e. The van der Waals surface area contributed by atoms with Gasteiger partial charge in [-0.2, -0.15) is 11.8 Å². The molecular formula is C14H25N3S2. The monoisotopic (exact) mass is 299 g/mol. The van der Waals surface area contributed by atoms with Crippen LogP contribution >= 0.6 is 23.1 Å². The molecule has 0 radical (unpaired) electrons. The molecule has 1 aromatic rings. The third-order valence-corrected chi connectivity index (χ3v) is 6.18. The van der Waals surface area contributed by atoms with Gasteiger partial charge in [-0.15, -0.1) is 11.3 Å². The third-order valence-electron chi connectivity index (χ3n) is 3.73. The van der Waals surface area contributed by atoms with Gasteiger partial charge in [-0.05, 0) is 19.9 Å². The van der Waals surface area contributed by atoms with E-state index in [1.54, 1.807) is 0 Å². The summed E-state index contributed by atoms with van der Waals surface area (Å²) in [6.45, 7) is 11.2. The molecule has 2 heterocycles. The van der Waals surface area contributed by atoms with Crippen LogP contribution in [0, 0.1) is 0 Å². The van der Waals surface area contributed by atoms with E-state index in [0.29, 0.717) is 17.2 Å². The van der Waals surface area contributed by atoms with Crippen molar-refractivity contribution in [2.24, 2.45) is 0 Å². The van der Waals surface area contributed by atoms with Gasteiger partial charge in [0, 0.05) is 35.0 Å². The number of hydrogen-bond acceptors (Lipinski definition) is 5. The fourth-order valence-corrected chi connectivity index (χ4v) is 4.86. The van der Waals surface area contributed by atoms with Crippen LogP contribution < -0.4 is 10.2 Å². The molecule has 1 aliphatic heterocycles. The summed E-state index contributed by atoms with van der Waals surface area (Å²) in [5.41, 5.74) is 1.27. The minimum Gasteiger partial charge on any atom is -0.343 e. The summed E-state index contributed by atoms with van der Waals surface area (Å²) in [6, 6.07) is 0.576. The Bertz CT molecular complexity index is 417. The van der Waals surface area contributed by atoms with Crippen LogP contribution in [0.2, 0.25) is 0 Å². The van der Waals surface area contributed by atoms with E-state index in [4.69, 9.17) is 4.98 Å². The Labute approximate surface area is 125 Å². The van der Waals surface area contributed by atoms with Crippen molar-refractivity contribution in [3.05, 3.63) is 10.6 Å². The first-order chi connectivity index (χ1) is 9.04. The van der Waals surface area contributed by atoms with Gasteiger partial charge < -0.3 is 10.2 Å². The molecule has 108 valence electrons. The number of nitrogens with one attached hydrogen (secondary N) is 1. The standard InChI is InChI=1S/C14H25N3S2/c1-9(2)13-12(8-15-5)19-14(16-13)17-6-7-18-11(4)10(17)3/h9-11,15H,6-8H2,1-5H3. The summed E-state index contributed by atoms with van der Waals surface area (Å²) in [6.07, 6.45) is 0. The Balaban J connectivity index is 2.26. The van der Waals surface area contributed by atoms with E-state index < -0.39 is 0 Å². The Hall–Kier alpha value is -0.260. The van der Waals surface area contributed by atoms with E-state index in [-0.39, 0.29) is 0 Å². The fraction of sp³-hybridized carbons (Fsp3) is 0.786. The molecule has 0 aliphatic carbocycles. The maximum atomic E-state index is 4.93. The SMILES string of the molecule is CNCc1sc(N2CCSC(C)C2C)nc1C(C)C. The molecule has 2 rings (SSSR count). The molecule has 19 heavy (non-hydrogen) atoms. The number of aromatic nitrogens is 1. The number of anilines is 1. The molecule has 1 aliphatic rings. The van der Waals surface area contributed by atoms with Crippen LogP contribution in [0.3, 0.4) is 0 Å². The molecule has 0 aromatic carbocycles. The minimum atomic E-state index is 0.500. The maximum Gasteiger partial charge on any atom is 0.186 e. The third kappa shape index (κ3) is 3.26. The van der Waals surface area contributed by atoms with Gasteiger partial charge in [0.05, 0.1) is 5.69 Å². The van der Waals surface area contributed by atoms with Crippen LogP contribution in [-0.2, 0) is 6.54 Å². The molecule has 2 atom stereocenters. The van der Waals surface area contributed by atoms with Crippen molar-refractivity contribution in [1.29, 1.82) is 0 Å². The van der Waals surface area contributed by atoms with Crippen molar-refractivity contribution < 1.29 is 0 Å². The first-order valence-corrected chi connectivity index (χ1v) is 8.93.